The van der Waals surface area contributed by atoms with E-state index >= 15 is 0 Å². The number of alkyl halides is 3. The van der Waals surface area contributed by atoms with Gasteiger partial charge in [0.05, 0.1) is 5.56 Å². The quantitative estimate of drug-likeness (QED) is 0.824. The molecule has 0 saturated heterocycles. The lowest BCUT2D eigenvalue weighted by Gasteiger charge is -2.30. The SMILES string of the molecule is O=C1CCN(Cc2ccc(C(F)(F)F)cc2)c2ccccc21. The summed E-state index contributed by atoms with van der Waals surface area (Å²) in [6.45, 7) is 1.07. The van der Waals surface area contributed by atoms with Crippen LogP contribution in [0.25, 0.3) is 0 Å². The lowest BCUT2D eigenvalue weighted by molar-refractivity contribution is -0.137. The van der Waals surface area contributed by atoms with Crippen LogP contribution in [0.15, 0.2) is 48.5 Å². The van der Waals surface area contributed by atoms with Crippen molar-refractivity contribution in [2.75, 3.05) is 11.4 Å². The van der Waals surface area contributed by atoms with Gasteiger partial charge < -0.3 is 4.90 Å². The number of Topliss-reactive ketones (excluding diaryl/α,β-unsaturated/α-hetero) is 1. The molecule has 0 unspecified atom stereocenters. The molecule has 0 N–H and O–H groups in total. The van der Waals surface area contributed by atoms with Gasteiger partial charge in [-0.05, 0) is 29.8 Å². The zero-order valence-electron chi connectivity index (χ0n) is 11.7. The Hall–Kier alpha value is -2.30. The molecule has 22 heavy (non-hydrogen) atoms. The maximum Gasteiger partial charge on any atom is 0.416 e. The summed E-state index contributed by atoms with van der Waals surface area (Å²) in [5.41, 5.74) is 1.67. The van der Waals surface area contributed by atoms with Gasteiger partial charge in [-0.1, -0.05) is 24.3 Å². The fraction of sp³-hybridized carbons (Fsp3) is 0.235. The number of benzene rings is 2. The zero-order chi connectivity index (χ0) is 15.7. The number of carbonyl (C=O) groups excluding carboxylic acids is 1. The Morgan fingerprint density at radius 3 is 2.36 bits per heavy atom. The number of nitrogens with zero attached hydrogens (tertiary/aromatic N) is 1. The van der Waals surface area contributed by atoms with Gasteiger partial charge in [0, 0.05) is 30.8 Å². The highest BCUT2D eigenvalue weighted by Crippen LogP contribution is 2.31. The third kappa shape index (κ3) is 2.84. The molecular formula is C17H14F3NO. The van der Waals surface area contributed by atoms with Crippen LogP contribution in [0.3, 0.4) is 0 Å². The van der Waals surface area contributed by atoms with E-state index in [1.807, 2.05) is 23.1 Å². The molecular weight excluding hydrogens is 291 g/mol. The van der Waals surface area contributed by atoms with Crippen molar-refractivity contribution in [1.82, 2.24) is 0 Å². The van der Waals surface area contributed by atoms with E-state index in [1.54, 1.807) is 6.07 Å². The third-order valence-electron chi connectivity index (χ3n) is 3.81. The molecule has 0 atom stereocenters. The molecule has 0 saturated carbocycles. The Labute approximate surface area is 126 Å². The molecule has 2 aromatic rings. The Balaban J connectivity index is 1.82. The Morgan fingerprint density at radius 1 is 1.00 bits per heavy atom. The van der Waals surface area contributed by atoms with Crippen LogP contribution in [0.5, 0.6) is 0 Å². The molecule has 3 rings (SSSR count). The molecule has 0 bridgehead atoms. The third-order valence-corrected chi connectivity index (χ3v) is 3.81. The maximum absolute atomic E-state index is 12.6. The number of hydrogen-bond acceptors (Lipinski definition) is 2. The number of hydrogen-bond donors (Lipinski definition) is 0. The normalized spacial score (nSPS) is 14.9. The molecule has 2 aromatic carbocycles. The van der Waals surface area contributed by atoms with Crippen LogP contribution in [0.4, 0.5) is 18.9 Å². The van der Waals surface area contributed by atoms with E-state index < -0.39 is 11.7 Å². The van der Waals surface area contributed by atoms with Crippen molar-refractivity contribution in [2.24, 2.45) is 0 Å². The maximum atomic E-state index is 12.6. The van der Waals surface area contributed by atoms with Crippen LogP contribution in [0.1, 0.15) is 27.9 Å². The van der Waals surface area contributed by atoms with E-state index in [-0.39, 0.29) is 5.78 Å². The lowest BCUT2D eigenvalue weighted by atomic mass is 9.99. The number of rotatable bonds is 2. The summed E-state index contributed by atoms with van der Waals surface area (Å²) in [7, 11) is 0. The number of fused-ring (bicyclic) bond motifs is 1. The van der Waals surface area contributed by atoms with Gasteiger partial charge in [0.15, 0.2) is 5.78 Å². The number of anilines is 1. The molecule has 1 aliphatic rings. The largest absolute Gasteiger partial charge is 0.416 e. The van der Waals surface area contributed by atoms with Gasteiger partial charge in [-0.3, -0.25) is 4.79 Å². The Bertz CT molecular complexity index is 692. The lowest BCUT2D eigenvalue weighted by Crippen LogP contribution is -2.31. The van der Waals surface area contributed by atoms with Gasteiger partial charge in [-0.15, -0.1) is 0 Å². The second-order valence-electron chi connectivity index (χ2n) is 5.31. The number of para-hydroxylation sites is 1. The van der Waals surface area contributed by atoms with Gasteiger partial charge in [0.25, 0.3) is 0 Å². The first kappa shape index (κ1) is 14.6. The van der Waals surface area contributed by atoms with Crippen molar-refractivity contribution in [3.63, 3.8) is 0 Å². The second-order valence-corrected chi connectivity index (χ2v) is 5.31. The fourth-order valence-electron chi connectivity index (χ4n) is 2.66. The average molecular weight is 305 g/mol. The van der Waals surface area contributed by atoms with E-state index in [1.165, 1.54) is 12.1 Å². The van der Waals surface area contributed by atoms with Crippen LogP contribution < -0.4 is 4.90 Å². The van der Waals surface area contributed by atoms with Crippen LogP contribution in [-0.4, -0.2) is 12.3 Å². The Morgan fingerprint density at radius 2 is 1.68 bits per heavy atom. The molecule has 0 amide bonds. The van der Waals surface area contributed by atoms with E-state index in [0.717, 1.165) is 23.4 Å². The predicted molar refractivity (Wildman–Crippen MR) is 77.9 cm³/mol. The summed E-state index contributed by atoms with van der Waals surface area (Å²) in [5.74, 6) is 0.110. The summed E-state index contributed by atoms with van der Waals surface area (Å²) in [4.78, 5) is 13.9. The molecule has 0 aromatic heterocycles. The highest BCUT2D eigenvalue weighted by atomic mass is 19.4. The number of ketones is 1. The standard InChI is InChI=1S/C17H14F3NO/c18-17(19,20)13-7-5-12(6-8-13)11-21-10-9-16(22)14-3-1-2-4-15(14)21/h1-8H,9-11H2. The molecule has 114 valence electrons. The van der Waals surface area contributed by atoms with Crippen molar-refractivity contribution in [2.45, 2.75) is 19.1 Å². The highest BCUT2D eigenvalue weighted by Gasteiger charge is 2.30. The molecule has 1 heterocycles. The molecule has 2 nitrogen and oxygen atoms in total. The molecule has 5 heteroatoms. The van der Waals surface area contributed by atoms with E-state index in [2.05, 4.69) is 0 Å². The van der Waals surface area contributed by atoms with Crippen molar-refractivity contribution in [3.05, 3.63) is 65.2 Å². The average Bonchev–Trinajstić information content (AvgIpc) is 2.50. The van der Waals surface area contributed by atoms with Gasteiger partial charge >= 0.3 is 6.18 Å². The predicted octanol–water partition coefficient (Wildman–Crippen LogP) is 4.30. The topological polar surface area (TPSA) is 20.3 Å². The minimum atomic E-state index is -4.32. The summed E-state index contributed by atoms with van der Waals surface area (Å²) in [5, 5.41) is 0. The first-order chi connectivity index (χ1) is 10.4. The van der Waals surface area contributed by atoms with Gasteiger partial charge in [-0.2, -0.15) is 13.2 Å². The first-order valence-electron chi connectivity index (χ1n) is 6.98. The highest BCUT2D eigenvalue weighted by molar-refractivity contribution is 6.03. The van der Waals surface area contributed by atoms with E-state index in [4.69, 9.17) is 0 Å². The minimum Gasteiger partial charge on any atom is -0.366 e. The fourth-order valence-corrected chi connectivity index (χ4v) is 2.66. The van der Waals surface area contributed by atoms with Gasteiger partial charge in [0.1, 0.15) is 0 Å². The van der Waals surface area contributed by atoms with Crippen LogP contribution in [0.2, 0.25) is 0 Å². The Kier molecular flexibility index (Phi) is 3.64. The van der Waals surface area contributed by atoms with Crippen LogP contribution >= 0.6 is 0 Å². The monoisotopic (exact) mass is 305 g/mol. The first-order valence-corrected chi connectivity index (χ1v) is 6.98. The van der Waals surface area contributed by atoms with Gasteiger partial charge in [-0.25, -0.2) is 0 Å². The van der Waals surface area contributed by atoms with E-state index in [9.17, 15) is 18.0 Å². The summed E-state index contributed by atoms with van der Waals surface area (Å²) in [6.07, 6.45) is -3.89. The van der Waals surface area contributed by atoms with Crippen molar-refractivity contribution in [3.8, 4) is 0 Å². The summed E-state index contributed by atoms with van der Waals surface area (Å²) < 4.78 is 37.7. The van der Waals surface area contributed by atoms with Crippen molar-refractivity contribution in [1.29, 1.82) is 0 Å². The van der Waals surface area contributed by atoms with Crippen LogP contribution in [-0.2, 0) is 12.7 Å². The van der Waals surface area contributed by atoms with Crippen molar-refractivity contribution < 1.29 is 18.0 Å². The number of halogens is 3. The van der Waals surface area contributed by atoms with Gasteiger partial charge in [0.2, 0.25) is 0 Å². The van der Waals surface area contributed by atoms with Crippen molar-refractivity contribution >= 4 is 11.5 Å². The smallest absolute Gasteiger partial charge is 0.366 e. The molecule has 0 spiro atoms. The zero-order valence-corrected chi connectivity index (χ0v) is 11.7. The minimum absolute atomic E-state index is 0.110. The molecule has 0 radical (unpaired) electrons. The second kappa shape index (κ2) is 5.48. The van der Waals surface area contributed by atoms with E-state index in [0.29, 0.717) is 25.1 Å². The number of carbonyl (C=O) groups is 1. The molecule has 0 aliphatic carbocycles. The summed E-state index contributed by atoms with van der Waals surface area (Å²) in [6, 6.07) is 12.5. The van der Waals surface area contributed by atoms with Crippen LogP contribution in [0, 0.1) is 0 Å². The molecule has 0 fully saturated rings. The molecule has 1 aliphatic heterocycles. The summed E-state index contributed by atoms with van der Waals surface area (Å²) >= 11 is 0.